The molecule has 0 heteroatoms. The van der Waals surface area contributed by atoms with Crippen LogP contribution in [-0.2, 0) is 0 Å². The highest BCUT2D eigenvalue weighted by molar-refractivity contribution is 5.20. The van der Waals surface area contributed by atoms with Gasteiger partial charge in [0.2, 0.25) is 0 Å². The van der Waals surface area contributed by atoms with Gasteiger partial charge < -0.3 is 0 Å². The largest absolute Gasteiger partial charge is 0.0845 e. The summed E-state index contributed by atoms with van der Waals surface area (Å²) in [5.74, 6) is 0. The zero-order chi connectivity index (χ0) is 14.8. The Labute approximate surface area is 130 Å². The Bertz CT molecular complexity index is 385. The highest BCUT2D eigenvalue weighted by Crippen LogP contribution is 2.07. The van der Waals surface area contributed by atoms with E-state index < -0.39 is 0 Å². The smallest absolute Gasteiger partial charge is 0.0276 e. The lowest BCUT2D eigenvalue weighted by Crippen LogP contribution is -1.78. The first-order chi connectivity index (χ1) is 10.5. The van der Waals surface area contributed by atoms with E-state index in [-0.39, 0.29) is 0 Å². The van der Waals surface area contributed by atoms with Crippen molar-refractivity contribution in [3.63, 3.8) is 0 Å². The normalized spacial score (nSPS) is 29.3. The monoisotopic (exact) mass is 279 g/mol. The van der Waals surface area contributed by atoms with Gasteiger partial charge in [0.05, 0.1) is 0 Å². The molecule has 0 aromatic heterocycles. The molecule has 0 aliphatic heterocycles. The van der Waals surface area contributed by atoms with Crippen LogP contribution in [0.15, 0.2) is 79.0 Å². The summed E-state index contributed by atoms with van der Waals surface area (Å²) in [5, 5.41) is 0. The molecule has 0 heterocycles. The molecule has 0 saturated carbocycles. The third kappa shape index (κ3) is 12.9. The topological polar surface area (TPSA) is 0 Å². The molecule has 111 valence electrons. The Balaban J connectivity index is 2.42. The Morgan fingerprint density at radius 1 is 0.476 bits per heavy atom. The van der Waals surface area contributed by atoms with Gasteiger partial charge in [-0.15, -0.1) is 0 Å². The van der Waals surface area contributed by atoms with Crippen molar-refractivity contribution in [2.45, 2.75) is 44.9 Å². The van der Waals surface area contributed by atoms with Crippen molar-refractivity contribution < 1.29 is 0 Å². The molecule has 0 saturated heterocycles. The molecule has 1 radical (unpaired) electrons. The Morgan fingerprint density at radius 3 is 1.71 bits per heavy atom. The molecule has 0 unspecified atom stereocenters. The maximum absolute atomic E-state index is 3.32. The molecule has 1 aliphatic rings. The number of allylic oxidation sites excluding steroid dienone is 14. The van der Waals surface area contributed by atoms with Crippen molar-refractivity contribution >= 4 is 0 Å². The molecule has 0 aromatic rings. The molecule has 1 rings (SSSR count). The highest BCUT2D eigenvalue weighted by Gasteiger charge is 1.88. The maximum Gasteiger partial charge on any atom is -0.0276 e. The van der Waals surface area contributed by atoms with Crippen LogP contribution in [0.5, 0.6) is 0 Å². The minimum atomic E-state index is 1.07. The second-order valence-electron chi connectivity index (χ2n) is 5.03. The van der Waals surface area contributed by atoms with Crippen LogP contribution in [0.25, 0.3) is 0 Å². The van der Waals surface area contributed by atoms with Gasteiger partial charge in [-0.2, -0.15) is 0 Å². The zero-order valence-electron chi connectivity index (χ0n) is 13.0. The quantitative estimate of drug-likeness (QED) is 0.479. The van der Waals surface area contributed by atoms with Crippen molar-refractivity contribution in [2.24, 2.45) is 0 Å². The Hall–Kier alpha value is -1.82. The van der Waals surface area contributed by atoms with E-state index >= 15 is 0 Å². The van der Waals surface area contributed by atoms with Crippen LogP contribution >= 0.6 is 0 Å². The highest BCUT2D eigenvalue weighted by atomic mass is 13.9. The minimum Gasteiger partial charge on any atom is -0.0845 e. The maximum atomic E-state index is 3.32. The molecule has 0 nitrogen and oxygen atoms in total. The summed E-state index contributed by atoms with van der Waals surface area (Å²) in [6.07, 6.45) is 39.0. The van der Waals surface area contributed by atoms with E-state index in [1.165, 1.54) is 38.5 Å². The molecule has 0 atom stereocenters. The third-order valence-electron chi connectivity index (χ3n) is 3.15. The van der Waals surface area contributed by atoms with Crippen LogP contribution in [0.4, 0.5) is 0 Å². The van der Waals surface area contributed by atoms with Gasteiger partial charge in [0.25, 0.3) is 0 Å². The lowest BCUT2D eigenvalue weighted by atomic mass is 10.1. The van der Waals surface area contributed by atoms with Crippen LogP contribution < -0.4 is 0 Å². The molecule has 0 aromatic carbocycles. The van der Waals surface area contributed by atoms with Crippen LogP contribution in [0.1, 0.15) is 44.9 Å². The number of hydrogen-bond donors (Lipinski definition) is 0. The average molecular weight is 279 g/mol. The van der Waals surface area contributed by atoms with Gasteiger partial charge in [-0.1, -0.05) is 98.3 Å². The number of rotatable bonds is 0. The fourth-order valence-corrected chi connectivity index (χ4v) is 1.98. The van der Waals surface area contributed by atoms with Gasteiger partial charge >= 0.3 is 0 Å². The predicted molar refractivity (Wildman–Crippen MR) is 95.0 cm³/mol. The molecular formula is C21H27. The molecule has 21 heavy (non-hydrogen) atoms. The Morgan fingerprint density at radius 2 is 1.00 bits per heavy atom. The van der Waals surface area contributed by atoms with Crippen LogP contribution in [0.3, 0.4) is 0 Å². The van der Waals surface area contributed by atoms with Gasteiger partial charge in [-0.3, -0.25) is 0 Å². The van der Waals surface area contributed by atoms with Gasteiger partial charge in [0, 0.05) is 0 Å². The third-order valence-corrected chi connectivity index (χ3v) is 3.15. The molecule has 0 fully saturated rings. The SMILES string of the molecule is [C]1=C/C=C/C=C/C=C/C=C\C=C\C=C\CCCCCCC/1. The summed E-state index contributed by atoms with van der Waals surface area (Å²) >= 11 is 0. The van der Waals surface area contributed by atoms with E-state index in [1.807, 2.05) is 54.7 Å². The molecule has 0 amide bonds. The molecule has 0 N–H and O–H groups in total. The number of hydrogen-bond acceptors (Lipinski definition) is 0. The average Bonchev–Trinajstić information content (AvgIpc) is 2.50. The zero-order valence-corrected chi connectivity index (χ0v) is 13.0. The van der Waals surface area contributed by atoms with Crippen molar-refractivity contribution in [1.82, 2.24) is 0 Å². The minimum absolute atomic E-state index is 1.07. The van der Waals surface area contributed by atoms with Gasteiger partial charge in [-0.05, 0) is 31.8 Å². The molecular weight excluding hydrogens is 252 g/mol. The van der Waals surface area contributed by atoms with Gasteiger partial charge in [-0.25, -0.2) is 0 Å². The first kappa shape index (κ1) is 17.2. The van der Waals surface area contributed by atoms with Crippen LogP contribution in [0, 0.1) is 6.08 Å². The van der Waals surface area contributed by atoms with Crippen LogP contribution in [0.2, 0.25) is 0 Å². The second kappa shape index (κ2) is 14.6. The van der Waals surface area contributed by atoms with E-state index in [1.54, 1.807) is 0 Å². The van der Waals surface area contributed by atoms with Crippen molar-refractivity contribution in [2.75, 3.05) is 0 Å². The van der Waals surface area contributed by atoms with E-state index in [4.69, 9.17) is 0 Å². The molecule has 0 spiro atoms. The fourth-order valence-electron chi connectivity index (χ4n) is 1.98. The first-order valence-electron chi connectivity index (χ1n) is 8.05. The summed E-state index contributed by atoms with van der Waals surface area (Å²) < 4.78 is 0. The van der Waals surface area contributed by atoms with E-state index in [0.29, 0.717) is 0 Å². The van der Waals surface area contributed by atoms with Crippen LogP contribution in [-0.4, -0.2) is 0 Å². The van der Waals surface area contributed by atoms with Crippen molar-refractivity contribution in [1.29, 1.82) is 0 Å². The standard InChI is InChI=1S/C21H27/c1-2-4-6-8-10-12-14-16-18-20-21-19-17-15-13-11-9-7-5-3-1/h1-13H,14,16-21H2/b3-1+,4-2-,7-5+,8-6+,11-9+,12-10+,15-13?. The lowest BCUT2D eigenvalue weighted by Gasteiger charge is -1.97. The fraction of sp³-hybridized carbons (Fsp3) is 0.333. The van der Waals surface area contributed by atoms with E-state index in [9.17, 15) is 0 Å². The Kier molecular flexibility index (Phi) is 12.0. The molecule has 0 bridgehead atoms. The van der Waals surface area contributed by atoms with Gasteiger partial charge in [0.15, 0.2) is 0 Å². The summed E-state index contributed by atoms with van der Waals surface area (Å²) in [6, 6.07) is 0. The van der Waals surface area contributed by atoms with Gasteiger partial charge in [0.1, 0.15) is 0 Å². The first-order valence-corrected chi connectivity index (χ1v) is 8.05. The summed E-state index contributed by atoms with van der Waals surface area (Å²) in [4.78, 5) is 0. The van der Waals surface area contributed by atoms with Crippen molar-refractivity contribution in [3.05, 3.63) is 85.1 Å². The van der Waals surface area contributed by atoms with E-state index in [2.05, 4.69) is 30.4 Å². The lowest BCUT2D eigenvalue weighted by molar-refractivity contribution is 0.619. The predicted octanol–water partition coefficient (Wildman–Crippen LogP) is 6.43. The summed E-state index contributed by atoms with van der Waals surface area (Å²) in [5.41, 5.74) is 0. The second-order valence-corrected chi connectivity index (χ2v) is 5.03. The van der Waals surface area contributed by atoms with Crippen molar-refractivity contribution in [3.8, 4) is 0 Å². The summed E-state index contributed by atoms with van der Waals surface area (Å²) in [6.45, 7) is 0. The van der Waals surface area contributed by atoms with E-state index in [0.717, 1.165) is 6.42 Å². The summed E-state index contributed by atoms with van der Waals surface area (Å²) in [7, 11) is 0. The molecule has 1 aliphatic carbocycles.